The minimum atomic E-state index is -4.48. The molecule has 6 rings (SSSR count). The maximum atomic E-state index is 13.4. The molecule has 0 aliphatic heterocycles. The third-order valence-electron chi connectivity index (χ3n) is 7.15. The molecule has 0 aliphatic carbocycles. The third-order valence-corrected chi connectivity index (χ3v) is 7.35. The van der Waals surface area contributed by atoms with Gasteiger partial charge in [0.2, 0.25) is 0 Å². The van der Waals surface area contributed by atoms with E-state index in [9.17, 15) is 13.2 Å². The molecule has 2 heterocycles. The zero-order chi connectivity index (χ0) is 31.6. The van der Waals surface area contributed by atoms with Crippen LogP contribution in [0, 0.1) is 6.92 Å². The highest BCUT2D eigenvalue weighted by Crippen LogP contribution is 2.38. The van der Waals surface area contributed by atoms with E-state index in [1.165, 1.54) is 6.07 Å². The summed E-state index contributed by atoms with van der Waals surface area (Å²) in [6, 6.07) is 33.6. The van der Waals surface area contributed by atoms with Crippen LogP contribution in [0.3, 0.4) is 0 Å². The summed E-state index contributed by atoms with van der Waals surface area (Å²) in [7, 11) is 0. The molecule has 0 unspecified atom stereocenters. The summed E-state index contributed by atoms with van der Waals surface area (Å²) in [4.78, 5) is 0. The van der Waals surface area contributed by atoms with Crippen molar-refractivity contribution in [2.45, 2.75) is 13.1 Å². The average molecular weight is 622 g/mol. The summed E-state index contributed by atoms with van der Waals surface area (Å²) in [5, 5.41) is 19.8. The summed E-state index contributed by atoms with van der Waals surface area (Å²) < 4.78 is 41.9. The first-order valence-electron chi connectivity index (χ1n) is 13.9. The third kappa shape index (κ3) is 6.24. The molecule has 0 bridgehead atoms. The number of aromatic nitrogens is 4. The van der Waals surface area contributed by atoms with E-state index in [-0.39, 0.29) is 5.82 Å². The Bertz CT molecular complexity index is 1990. The highest BCUT2D eigenvalue weighted by molar-refractivity contribution is 7.80. The fourth-order valence-electron chi connectivity index (χ4n) is 5.08. The predicted molar refractivity (Wildman–Crippen MR) is 176 cm³/mol. The second kappa shape index (κ2) is 12.2. The lowest BCUT2D eigenvalue weighted by Gasteiger charge is -2.17. The first-order valence-corrected chi connectivity index (χ1v) is 14.3. The number of hydrogen-bond donors (Lipinski definition) is 3. The molecule has 2 aromatic heterocycles. The van der Waals surface area contributed by atoms with Crippen LogP contribution >= 0.6 is 12.2 Å². The number of anilines is 3. The molecular weight excluding hydrogens is 595 g/mol. The molecule has 0 saturated carbocycles. The minimum Gasteiger partial charge on any atom is -0.383 e. The number of nitrogens with zero attached hydrogens (tertiary/aromatic N) is 4. The number of hydrogen-bond acceptors (Lipinski definition) is 5. The summed E-state index contributed by atoms with van der Waals surface area (Å²) in [6.45, 7) is 1.72. The van der Waals surface area contributed by atoms with Crippen molar-refractivity contribution in [1.29, 1.82) is 0 Å². The average Bonchev–Trinajstić information content (AvgIpc) is 3.34. The lowest BCUT2D eigenvalue weighted by molar-refractivity contribution is -0.137. The molecule has 0 amide bonds. The SMILES string of the molecule is Cc1nn(-c2ccccc2-c2ccccc2NC(=S)Nc2ccc(-c3ccccc3)nn2)c(N)c1-c1cccc(C(F)(F)F)c1. The Balaban J connectivity index is 1.29. The number of alkyl halides is 3. The first-order chi connectivity index (χ1) is 21.7. The number of aryl methyl sites for hydroxylation is 1. The van der Waals surface area contributed by atoms with E-state index in [0.29, 0.717) is 39.1 Å². The number of para-hydroxylation sites is 2. The van der Waals surface area contributed by atoms with Crippen molar-refractivity contribution in [3.05, 3.63) is 127 Å². The van der Waals surface area contributed by atoms with Crippen LogP contribution < -0.4 is 16.4 Å². The predicted octanol–water partition coefficient (Wildman–Crippen LogP) is 8.38. The van der Waals surface area contributed by atoms with Gasteiger partial charge in [-0.3, -0.25) is 0 Å². The molecule has 0 saturated heterocycles. The topological polar surface area (TPSA) is 93.7 Å². The molecule has 0 atom stereocenters. The van der Waals surface area contributed by atoms with E-state index < -0.39 is 11.7 Å². The van der Waals surface area contributed by atoms with Gasteiger partial charge in [0, 0.05) is 27.9 Å². The van der Waals surface area contributed by atoms with Gasteiger partial charge < -0.3 is 16.4 Å². The lowest BCUT2D eigenvalue weighted by Crippen LogP contribution is -2.20. The zero-order valence-electron chi connectivity index (χ0n) is 23.9. The van der Waals surface area contributed by atoms with Crippen LogP contribution in [0.2, 0.25) is 0 Å². The van der Waals surface area contributed by atoms with Gasteiger partial charge in [0.15, 0.2) is 10.9 Å². The van der Waals surface area contributed by atoms with Crippen LogP contribution in [0.1, 0.15) is 11.3 Å². The fourth-order valence-corrected chi connectivity index (χ4v) is 5.30. The Labute approximate surface area is 262 Å². The van der Waals surface area contributed by atoms with E-state index in [1.807, 2.05) is 84.9 Å². The van der Waals surface area contributed by atoms with Crippen molar-refractivity contribution in [3.63, 3.8) is 0 Å². The number of nitrogens with one attached hydrogen (secondary N) is 2. The maximum absolute atomic E-state index is 13.4. The number of thiocarbonyl (C=S) groups is 1. The Kier molecular flexibility index (Phi) is 8.01. The Morgan fingerprint density at radius 1 is 0.756 bits per heavy atom. The molecular formula is C34H26F3N7S. The molecule has 7 nitrogen and oxygen atoms in total. The standard InChI is InChI=1S/C34H26F3N7S/c1-21-31(23-12-9-13-24(20-23)34(35,36)37)32(38)44(43-21)29-17-8-6-15-26(29)25-14-5-7-16-28(25)39-33(45)40-30-19-18-27(41-42-30)22-10-3-2-4-11-22/h2-20H,38H2,1H3,(H2,39,40,42,45). The Hall–Kier alpha value is -5.55. The number of halogens is 3. The van der Waals surface area contributed by atoms with E-state index >= 15 is 0 Å². The van der Waals surface area contributed by atoms with Gasteiger partial charge in [-0.2, -0.15) is 18.3 Å². The minimum absolute atomic E-state index is 0.222. The highest BCUT2D eigenvalue weighted by Gasteiger charge is 2.31. The molecule has 6 aromatic rings. The van der Waals surface area contributed by atoms with Gasteiger partial charge in [0.05, 0.1) is 22.6 Å². The molecule has 0 fully saturated rings. The summed E-state index contributed by atoms with van der Waals surface area (Å²) in [6.07, 6.45) is -4.48. The summed E-state index contributed by atoms with van der Waals surface area (Å²) in [5.41, 5.74) is 11.7. The van der Waals surface area contributed by atoms with Gasteiger partial charge in [0.25, 0.3) is 0 Å². The van der Waals surface area contributed by atoms with Gasteiger partial charge in [-0.25, -0.2) is 4.68 Å². The summed E-state index contributed by atoms with van der Waals surface area (Å²) >= 11 is 5.60. The van der Waals surface area contributed by atoms with Gasteiger partial charge in [-0.05, 0) is 61.1 Å². The Morgan fingerprint density at radius 3 is 2.18 bits per heavy atom. The molecule has 4 N–H and O–H groups in total. The monoisotopic (exact) mass is 621 g/mol. The van der Waals surface area contributed by atoms with Crippen LogP contribution in [0.15, 0.2) is 115 Å². The van der Waals surface area contributed by atoms with Crippen molar-refractivity contribution >= 4 is 34.7 Å². The highest BCUT2D eigenvalue weighted by atomic mass is 32.1. The van der Waals surface area contributed by atoms with Crippen molar-refractivity contribution < 1.29 is 13.2 Å². The smallest absolute Gasteiger partial charge is 0.383 e. The number of rotatable bonds is 6. The first kappa shape index (κ1) is 29.5. The molecule has 45 heavy (non-hydrogen) atoms. The fraction of sp³-hybridized carbons (Fsp3) is 0.0588. The van der Waals surface area contributed by atoms with Crippen LogP contribution in [-0.2, 0) is 6.18 Å². The van der Waals surface area contributed by atoms with Crippen molar-refractivity contribution in [3.8, 4) is 39.2 Å². The van der Waals surface area contributed by atoms with E-state index in [1.54, 1.807) is 23.7 Å². The lowest BCUT2D eigenvalue weighted by atomic mass is 10.0. The van der Waals surface area contributed by atoms with Crippen LogP contribution in [-0.4, -0.2) is 25.1 Å². The largest absolute Gasteiger partial charge is 0.416 e. The van der Waals surface area contributed by atoms with Crippen molar-refractivity contribution in [2.75, 3.05) is 16.4 Å². The number of nitrogen functional groups attached to an aromatic ring is 1. The van der Waals surface area contributed by atoms with Gasteiger partial charge >= 0.3 is 6.18 Å². The zero-order valence-corrected chi connectivity index (χ0v) is 24.7. The normalized spacial score (nSPS) is 11.3. The van der Waals surface area contributed by atoms with Crippen molar-refractivity contribution in [2.24, 2.45) is 0 Å². The van der Waals surface area contributed by atoms with E-state index in [4.69, 9.17) is 18.0 Å². The van der Waals surface area contributed by atoms with Crippen LogP contribution in [0.25, 0.3) is 39.2 Å². The molecule has 0 radical (unpaired) electrons. The van der Waals surface area contributed by atoms with Crippen LogP contribution in [0.5, 0.6) is 0 Å². The second-order valence-corrected chi connectivity index (χ2v) is 10.6. The van der Waals surface area contributed by atoms with E-state index in [0.717, 1.165) is 34.5 Å². The second-order valence-electron chi connectivity index (χ2n) is 10.1. The molecule has 224 valence electrons. The van der Waals surface area contributed by atoms with Gasteiger partial charge in [0.1, 0.15) is 5.82 Å². The van der Waals surface area contributed by atoms with Crippen molar-refractivity contribution in [1.82, 2.24) is 20.0 Å². The molecule has 0 aliphatic rings. The number of nitrogens with two attached hydrogens (primary N) is 1. The van der Waals surface area contributed by atoms with E-state index in [2.05, 4.69) is 25.9 Å². The van der Waals surface area contributed by atoms with Gasteiger partial charge in [-0.15, -0.1) is 10.2 Å². The molecule has 4 aromatic carbocycles. The quantitative estimate of drug-likeness (QED) is 0.161. The molecule has 0 spiro atoms. The Morgan fingerprint density at radius 2 is 1.44 bits per heavy atom. The maximum Gasteiger partial charge on any atom is 0.416 e. The van der Waals surface area contributed by atoms with Gasteiger partial charge in [-0.1, -0.05) is 78.9 Å². The summed E-state index contributed by atoms with van der Waals surface area (Å²) in [5.74, 6) is 0.700. The van der Waals surface area contributed by atoms with Crippen LogP contribution in [0.4, 0.5) is 30.5 Å². The number of benzene rings is 4. The molecule has 11 heteroatoms.